The van der Waals surface area contributed by atoms with Crippen LogP contribution in [-0.4, -0.2) is 43.1 Å². The van der Waals surface area contributed by atoms with Gasteiger partial charge in [0.15, 0.2) is 6.17 Å². The minimum Gasteiger partial charge on any atom is -0.317 e. The third kappa shape index (κ3) is 5.00. The molecule has 0 aliphatic heterocycles. The normalized spacial score (nSPS) is 46.8. The number of nitriles is 1. The molecule has 0 aromatic carbocycles. The van der Waals surface area contributed by atoms with Crippen LogP contribution in [-0.2, 0) is 4.74 Å². The van der Waals surface area contributed by atoms with Crippen LogP contribution in [0.25, 0.3) is 0 Å². The highest BCUT2D eigenvalue weighted by atomic mass is 19.3. The molecule has 3 aliphatic carbocycles. The number of hydrogen-bond donors (Lipinski definition) is 0. The minimum atomic E-state index is -4.24. The lowest BCUT2D eigenvalue weighted by molar-refractivity contribution is -0.323. The van der Waals surface area contributed by atoms with Crippen molar-refractivity contribution in [1.29, 1.82) is 5.26 Å². The topological polar surface area (TPSA) is 33.0 Å². The van der Waals surface area contributed by atoms with Gasteiger partial charge in [0.1, 0.15) is 30.6 Å². The van der Waals surface area contributed by atoms with Crippen LogP contribution >= 0.6 is 0 Å². The van der Waals surface area contributed by atoms with E-state index >= 15 is 0 Å². The lowest BCUT2D eigenvalue weighted by atomic mass is 9.68. The van der Waals surface area contributed by atoms with Gasteiger partial charge in [-0.15, -0.1) is 0 Å². The van der Waals surface area contributed by atoms with Crippen LogP contribution in [0.2, 0.25) is 0 Å². The molecule has 0 N–H and O–H groups in total. The molecule has 3 saturated carbocycles. The monoisotopic (exact) mass is 429 g/mol. The maximum absolute atomic E-state index is 14.7. The van der Waals surface area contributed by atoms with Gasteiger partial charge in [0.25, 0.3) is 0 Å². The molecular formula is C20H26F7NO. The van der Waals surface area contributed by atoms with Crippen LogP contribution in [0.4, 0.5) is 30.7 Å². The van der Waals surface area contributed by atoms with Gasteiger partial charge >= 0.3 is 6.11 Å². The van der Waals surface area contributed by atoms with Gasteiger partial charge in [-0.25, -0.2) is 22.0 Å². The Labute approximate surface area is 165 Å². The average molecular weight is 429 g/mol. The minimum absolute atomic E-state index is 0.00832. The fraction of sp³-hybridized carbons (Fsp3) is 0.950. The molecule has 0 heterocycles. The van der Waals surface area contributed by atoms with E-state index in [1.807, 2.05) is 0 Å². The zero-order valence-electron chi connectivity index (χ0n) is 15.9. The molecule has 0 bridgehead atoms. The smallest absolute Gasteiger partial charge is 0.317 e. The Balaban J connectivity index is 1.60. The number of rotatable bonds is 4. The van der Waals surface area contributed by atoms with Gasteiger partial charge in [-0.05, 0) is 50.4 Å². The van der Waals surface area contributed by atoms with E-state index in [-0.39, 0.29) is 30.6 Å². The first kappa shape index (κ1) is 22.6. The molecule has 0 aromatic heterocycles. The van der Waals surface area contributed by atoms with E-state index in [2.05, 4.69) is 10.8 Å². The van der Waals surface area contributed by atoms with Crippen LogP contribution in [0.1, 0.15) is 51.4 Å². The molecule has 4 atom stereocenters. The fourth-order valence-corrected chi connectivity index (χ4v) is 5.20. The molecule has 0 aromatic rings. The number of halogens is 7. The van der Waals surface area contributed by atoms with Gasteiger partial charge in [-0.1, -0.05) is 0 Å². The van der Waals surface area contributed by atoms with E-state index in [9.17, 15) is 30.7 Å². The summed E-state index contributed by atoms with van der Waals surface area (Å²) >= 11 is 0. The molecule has 0 radical (unpaired) electrons. The first-order valence-corrected chi connectivity index (χ1v) is 10.3. The lowest BCUT2D eigenvalue weighted by Gasteiger charge is -2.43. The number of nitrogens with zero attached hydrogens (tertiary/aromatic N) is 1. The maximum atomic E-state index is 14.7. The number of alkyl halides is 7. The standard InChI is InChI=1S/C20H26F7NO/c21-14-5-12(11-3-1-10(9-28)2-4-11)6-15(22)18(14)20(26,27)29-13-7-16(23)19(25)17(24)8-13/h10-19H,1-8H2. The predicted molar refractivity (Wildman–Crippen MR) is 90.8 cm³/mol. The molecule has 4 unspecified atom stereocenters. The second-order valence-corrected chi connectivity index (χ2v) is 8.78. The highest BCUT2D eigenvalue weighted by Crippen LogP contribution is 2.48. The zero-order chi connectivity index (χ0) is 21.3. The van der Waals surface area contributed by atoms with Crippen molar-refractivity contribution in [2.24, 2.45) is 23.7 Å². The predicted octanol–water partition coefficient (Wildman–Crippen LogP) is 5.80. The summed E-state index contributed by atoms with van der Waals surface area (Å²) in [5.41, 5.74) is 0. The van der Waals surface area contributed by atoms with E-state index in [1.165, 1.54) is 0 Å². The van der Waals surface area contributed by atoms with Crippen molar-refractivity contribution >= 4 is 0 Å². The third-order valence-corrected chi connectivity index (χ3v) is 6.84. The second-order valence-electron chi connectivity index (χ2n) is 8.78. The summed E-state index contributed by atoms with van der Waals surface area (Å²) < 4.78 is 103. The van der Waals surface area contributed by atoms with Crippen molar-refractivity contribution in [1.82, 2.24) is 0 Å². The van der Waals surface area contributed by atoms with Gasteiger partial charge < -0.3 is 4.74 Å². The van der Waals surface area contributed by atoms with Crippen molar-refractivity contribution in [3.63, 3.8) is 0 Å². The molecule has 0 amide bonds. The van der Waals surface area contributed by atoms with Gasteiger partial charge in [0.2, 0.25) is 0 Å². The Kier molecular flexibility index (Phi) is 7.02. The van der Waals surface area contributed by atoms with Crippen LogP contribution < -0.4 is 0 Å². The molecule has 2 nitrogen and oxygen atoms in total. The Morgan fingerprint density at radius 2 is 1.24 bits per heavy atom. The van der Waals surface area contributed by atoms with Gasteiger partial charge in [0.05, 0.1) is 12.2 Å². The Hall–Kier alpha value is -1.04. The van der Waals surface area contributed by atoms with Gasteiger partial charge in [-0.2, -0.15) is 14.0 Å². The van der Waals surface area contributed by atoms with E-state index < -0.39 is 61.8 Å². The first-order valence-electron chi connectivity index (χ1n) is 10.3. The van der Waals surface area contributed by atoms with Gasteiger partial charge in [0, 0.05) is 18.8 Å². The summed E-state index contributed by atoms with van der Waals surface area (Å²) in [6.45, 7) is 0. The van der Waals surface area contributed by atoms with Crippen LogP contribution in [0.15, 0.2) is 0 Å². The highest BCUT2D eigenvalue weighted by molar-refractivity contribution is 4.96. The van der Waals surface area contributed by atoms with Crippen molar-refractivity contribution in [3.8, 4) is 6.07 Å². The number of ether oxygens (including phenoxy) is 1. The van der Waals surface area contributed by atoms with E-state index in [0.717, 1.165) is 0 Å². The third-order valence-electron chi connectivity index (χ3n) is 6.84. The molecule has 0 spiro atoms. The van der Waals surface area contributed by atoms with Crippen LogP contribution in [0.5, 0.6) is 0 Å². The fourth-order valence-electron chi connectivity index (χ4n) is 5.20. The van der Waals surface area contributed by atoms with Gasteiger partial charge in [-0.3, -0.25) is 0 Å². The quantitative estimate of drug-likeness (QED) is 0.529. The van der Waals surface area contributed by atoms with Crippen molar-refractivity contribution < 1.29 is 35.5 Å². The molecule has 3 fully saturated rings. The average Bonchev–Trinajstić information content (AvgIpc) is 2.65. The summed E-state index contributed by atoms with van der Waals surface area (Å²) in [5, 5.41) is 8.94. The second kappa shape index (κ2) is 8.99. The molecule has 9 heteroatoms. The molecular weight excluding hydrogens is 403 g/mol. The molecule has 29 heavy (non-hydrogen) atoms. The zero-order valence-corrected chi connectivity index (χ0v) is 15.9. The summed E-state index contributed by atoms with van der Waals surface area (Å²) in [7, 11) is 0. The summed E-state index contributed by atoms with van der Waals surface area (Å²) in [4.78, 5) is 0. The first-order chi connectivity index (χ1) is 13.6. The maximum Gasteiger partial charge on any atom is 0.364 e. The van der Waals surface area contributed by atoms with E-state index in [0.29, 0.717) is 25.7 Å². The molecule has 3 aliphatic rings. The molecule has 166 valence electrons. The Bertz CT molecular complexity index is 568. The van der Waals surface area contributed by atoms with E-state index in [4.69, 9.17) is 5.26 Å². The lowest BCUT2D eigenvalue weighted by Crippen LogP contribution is -2.52. The van der Waals surface area contributed by atoms with Crippen molar-refractivity contribution in [3.05, 3.63) is 0 Å². The summed E-state index contributed by atoms with van der Waals surface area (Å²) in [6, 6.07) is 2.18. The van der Waals surface area contributed by atoms with Crippen molar-refractivity contribution in [2.75, 3.05) is 0 Å². The van der Waals surface area contributed by atoms with Crippen LogP contribution in [0.3, 0.4) is 0 Å². The summed E-state index contributed by atoms with van der Waals surface area (Å²) in [5.74, 6) is -2.82. The highest BCUT2D eigenvalue weighted by Gasteiger charge is 2.56. The Morgan fingerprint density at radius 1 is 0.724 bits per heavy atom. The number of hydrogen-bond acceptors (Lipinski definition) is 2. The van der Waals surface area contributed by atoms with E-state index in [1.54, 1.807) is 0 Å². The van der Waals surface area contributed by atoms with Crippen molar-refractivity contribution in [2.45, 2.75) is 94.4 Å². The largest absolute Gasteiger partial charge is 0.364 e. The van der Waals surface area contributed by atoms with Crippen LogP contribution in [0, 0.1) is 35.0 Å². The molecule has 3 rings (SSSR count). The summed E-state index contributed by atoms with van der Waals surface area (Å²) in [6.07, 6.45) is -16.6. The molecule has 0 saturated heterocycles. The SMILES string of the molecule is N#CC1CCC(C2CC(F)C(C(F)(F)OC3CC(F)C(F)C(F)C3)C(F)C2)CC1. The Morgan fingerprint density at radius 3 is 1.72 bits per heavy atom.